The predicted octanol–water partition coefficient (Wildman–Crippen LogP) is 1.88. The summed E-state index contributed by atoms with van der Waals surface area (Å²) in [7, 11) is -3.26. The first-order valence-electron chi connectivity index (χ1n) is 7.45. The average molecular weight is 389 g/mol. The van der Waals surface area contributed by atoms with E-state index in [2.05, 4.69) is 4.98 Å². The second-order valence-corrected chi connectivity index (χ2v) is 9.92. The summed E-state index contributed by atoms with van der Waals surface area (Å²) in [6.45, 7) is 3.72. The van der Waals surface area contributed by atoms with Crippen LogP contribution in [0.5, 0.6) is 0 Å². The van der Waals surface area contributed by atoms with Crippen molar-refractivity contribution in [2.45, 2.75) is 36.4 Å². The molecule has 1 saturated heterocycles. The number of rotatable bonds is 3. The summed E-state index contributed by atoms with van der Waals surface area (Å²) in [5.41, 5.74) is 0.256. The summed E-state index contributed by atoms with van der Waals surface area (Å²) in [6.07, 6.45) is -0.965. The van der Waals surface area contributed by atoms with Crippen LogP contribution >= 0.6 is 23.4 Å². The molecule has 0 aliphatic carbocycles. The van der Waals surface area contributed by atoms with Gasteiger partial charge in [-0.3, -0.25) is 9.36 Å². The van der Waals surface area contributed by atoms with E-state index in [9.17, 15) is 18.3 Å². The molecule has 1 N–H and O–H groups in total. The maximum atomic E-state index is 12.8. The smallest absolute Gasteiger partial charge is 0.262 e. The monoisotopic (exact) mass is 388 g/mol. The highest BCUT2D eigenvalue weighted by Gasteiger charge is 2.38. The van der Waals surface area contributed by atoms with E-state index in [0.29, 0.717) is 21.1 Å². The number of aromatic nitrogens is 2. The Labute approximate surface area is 148 Å². The summed E-state index contributed by atoms with van der Waals surface area (Å²) in [5.74, 6) is -0.379. The lowest BCUT2D eigenvalue weighted by Crippen LogP contribution is -2.27. The minimum Gasteiger partial charge on any atom is -0.391 e. The molecule has 2 heterocycles. The molecule has 1 aliphatic heterocycles. The van der Waals surface area contributed by atoms with Crippen LogP contribution in [0.1, 0.15) is 19.9 Å². The standard InChI is InChI=1S/C15H17ClN2O4S2/c1-8(2)18-14(20)10-4-3-9(16)5-11(10)17-15(18)23-13-7-24(21,22)6-12(13)19/h3-5,8,12-13,19H,6-7H2,1-2H3/t12-,13-/m0/s1. The molecule has 1 aromatic carbocycles. The van der Waals surface area contributed by atoms with Gasteiger partial charge in [0.05, 0.1) is 33.8 Å². The Bertz CT molecular complexity index is 956. The maximum absolute atomic E-state index is 12.8. The van der Waals surface area contributed by atoms with Crippen molar-refractivity contribution in [3.63, 3.8) is 0 Å². The van der Waals surface area contributed by atoms with E-state index in [4.69, 9.17) is 11.6 Å². The fraction of sp³-hybridized carbons (Fsp3) is 0.467. The Balaban J connectivity index is 2.12. The Morgan fingerprint density at radius 3 is 2.67 bits per heavy atom. The third-order valence-corrected chi connectivity index (χ3v) is 7.32. The van der Waals surface area contributed by atoms with Gasteiger partial charge < -0.3 is 5.11 Å². The minimum atomic E-state index is -3.26. The van der Waals surface area contributed by atoms with E-state index in [1.165, 1.54) is 4.57 Å². The minimum absolute atomic E-state index is 0.125. The molecule has 2 atom stereocenters. The molecule has 0 bridgehead atoms. The van der Waals surface area contributed by atoms with E-state index in [-0.39, 0.29) is 23.1 Å². The van der Waals surface area contributed by atoms with Gasteiger partial charge in [0.25, 0.3) is 5.56 Å². The Morgan fingerprint density at radius 2 is 2.08 bits per heavy atom. The first-order valence-corrected chi connectivity index (χ1v) is 10.5. The number of hydrogen-bond donors (Lipinski definition) is 1. The molecule has 2 aromatic rings. The highest BCUT2D eigenvalue weighted by atomic mass is 35.5. The largest absolute Gasteiger partial charge is 0.391 e. The summed E-state index contributed by atoms with van der Waals surface area (Å²) in [4.78, 5) is 17.3. The van der Waals surface area contributed by atoms with Crippen LogP contribution in [-0.2, 0) is 9.84 Å². The number of sulfone groups is 1. The van der Waals surface area contributed by atoms with E-state index >= 15 is 0 Å². The van der Waals surface area contributed by atoms with Crippen LogP contribution in [0.2, 0.25) is 5.02 Å². The molecule has 9 heteroatoms. The van der Waals surface area contributed by atoms with Crippen LogP contribution in [0.15, 0.2) is 28.2 Å². The Morgan fingerprint density at radius 1 is 1.38 bits per heavy atom. The molecular formula is C15H17ClN2O4S2. The lowest BCUT2D eigenvalue weighted by atomic mass is 10.2. The Kier molecular flexibility index (Phi) is 4.67. The van der Waals surface area contributed by atoms with Gasteiger partial charge in [-0.2, -0.15) is 0 Å². The average Bonchev–Trinajstić information content (AvgIpc) is 2.70. The lowest BCUT2D eigenvalue weighted by molar-refractivity contribution is 0.207. The van der Waals surface area contributed by atoms with Gasteiger partial charge in [0.2, 0.25) is 0 Å². The normalized spacial score (nSPS) is 23.2. The summed E-state index contributed by atoms with van der Waals surface area (Å²) in [5, 5.41) is 10.8. The molecule has 3 rings (SSSR count). The maximum Gasteiger partial charge on any atom is 0.262 e. The number of aliphatic hydroxyl groups is 1. The van der Waals surface area contributed by atoms with Gasteiger partial charge in [0.1, 0.15) is 0 Å². The zero-order valence-corrected chi connectivity index (χ0v) is 15.5. The second-order valence-electron chi connectivity index (χ2n) is 6.13. The van der Waals surface area contributed by atoms with Gasteiger partial charge >= 0.3 is 0 Å². The van der Waals surface area contributed by atoms with Crippen molar-refractivity contribution in [3.8, 4) is 0 Å². The number of halogens is 1. The zero-order valence-electron chi connectivity index (χ0n) is 13.1. The number of nitrogens with zero attached hydrogens (tertiary/aromatic N) is 2. The number of aliphatic hydroxyl groups excluding tert-OH is 1. The van der Waals surface area contributed by atoms with Crippen LogP contribution in [0.25, 0.3) is 10.9 Å². The highest BCUT2D eigenvalue weighted by Crippen LogP contribution is 2.31. The predicted molar refractivity (Wildman–Crippen MR) is 95.7 cm³/mol. The molecule has 0 saturated carbocycles. The number of fused-ring (bicyclic) bond motifs is 1. The topological polar surface area (TPSA) is 89.3 Å². The zero-order chi connectivity index (χ0) is 17.6. The fourth-order valence-electron chi connectivity index (χ4n) is 2.74. The van der Waals surface area contributed by atoms with Crippen molar-refractivity contribution in [3.05, 3.63) is 33.6 Å². The van der Waals surface area contributed by atoms with E-state index in [1.54, 1.807) is 18.2 Å². The third kappa shape index (κ3) is 3.33. The fourth-order valence-corrected chi connectivity index (χ4v) is 6.61. The molecule has 1 fully saturated rings. The van der Waals surface area contributed by atoms with Gasteiger partial charge in [-0.25, -0.2) is 13.4 Å². The van der Waals surface area contributed by atoms with Gasteiger partial charge in [-0.15, -0.1) is 0 Å². The molecule has 130 valence electrons. The molecular weight excluding hydrogens is 372 g/mol. The Hall–Kier alpha value is -1.09. The van der Waals surface area contributed by atoms with Gasteiger partial charge in [-0.05, 0) is 32.0 Å². The molecule has 24 heavy (non-hydrogen) atoms. The van der Waals surface area contributed by atoms with Crippen LogP contribution in [0, 0.1) is 0 Å². The summed E-state index contributed by atoms with van der Waals surface area (Å²) < 4.78 is 24.9. The first-order chi connectivity index (χ1) is 11.2. The van der Waals surface area contributed by atoms with E-state index in [0.717, 1.165) is 11.8 Å². The first kappa shape index (κ1) is 17.7. The van der Waals surface area contributed by atoms with Crippen molar-refractivity contribution >= 4 is 44.1 Å². The van der Waals surface area contributed by atoms with Crippen molar-refractivity contribution in [1.82, 2.24) is 9.55 Å². The molecule has 0 spiro atoms. The summed E-state index contributed by atoms with van der Waals surface area (Å²) >= 11 is 7.11. The molecule has 6 nitrogen and oxygen atoms in total. The van der Waals surface area contributed by atoms with Crippen molar-refractivity contribution < 1.29 is 13.5 Å². The molecule has 0 unspecified atom stereocenters. The van der Waals surface area contributed by atoms with Gasteiger partial charge in [-0.1, -0.05) is 23.4 Å². The molecule has 0 radical (unpaired) electrons. The quantitative estimate of drug-likeness (QED) is 0.807. The SMILES string of the molecule is CC(C)n1c(S[C@H]2CS(=O)(=O)C[C@@H]2O)nc2cc(Cl)ccc2c1=O. The van der Waals surface area contributed by atoms with E-state index in [1.807, 2.05) is 13.8 Å². The van der Waals surface area contributed by atoms with Crippen LogP contribution < -0.4 is 5.56 Å². The second kappa shape index (κ2) is 6.33. The van der Waals surface area contributed by atoms with E-state index < -0.39 is 21.2 Å². The van der Waals surface area contributed by atoms with Crippen molar-refractivity contribution in [2.75, 3.05) is 11.5 Å². The highest BCUT2D eigenvalue weighted by molar-refractivity contribution is 8.01. The lowest BCUT2D eigenvalue weighted by Gasteiger charge is -2.19. The van der Waals surface area contributed by atoms with Crippen LogP contribution in [-0.4, -0.2) is 45.9 Å². The summed E-state index contributed by atoms with van der Waals surface area (Å²) in [6, 6.07) is 4.73. The van der Waals surface area contributed by atoms with Crippen molar-refractivity contribution in [2.24, 2.45) is 0 Å². The number of thioether (sulfide) groups is 1. The van der Waals surface area contributed by atoms with Gasteiger partial charge in [0, 0.05) is 11.1 Å². The molecule has 1 aromatic heterocycles. The number of hydrogen-bond acceptors (Lipinski definition) is 6. The molecule has 1 aliphatic rings. The van der Waals surface area contributed by atoms with Crippen molar-refractivity contribution in [1.29, 1.82) is 0 Å². The van der Waals surface area contributed by atoms with Gasteiger partial charge in [0.15, 0.2) is 15.0 Å². The van der Waals surface area contributed by atoms with Crippen LogP contribution in [0.3, 0.4) is 0 Å². The third-order valence-electron chi connectivity index (χ3n) is 3.88. The van der Waals surface area contributed by atoms with Crippen LogP contribution in [0.4, 0.5) is 0 Å². The number of benzene rings is 1. The molecule has 0 amide bonds.